The van der Waals surface area contributed by atoms with E-state index in [0.717, 1.165) is 55.3 Å². The lowest BCUT2D eigenvalue weighted by atomic mass is 9.65. The number of aromatic hydroxyl groups is 1. The van der Waals surface area contributed by atoms with Crippen molar-refractivity contribution in [1.82, 2.24) is 0 Å². The monoisotopic (exact) mass is 576 g/mol. The number of hydrogen-bond acceptors (Lipinski definition) is 5. The molecular formula is C36H64O5. The molecule has 0 saturated heterocycles. The standard InChI is InChI=1S/C20H32O2.C12H16O3.4CH4/c1-5-19(3,4)18(21)22-20(6-2)11-14-10-15(20)17-13-8-7-12(9-13)16(14)17;1-4-12(2,3)11(14)15-10-7-5-9(13)6-8-10;;;;/h12-17H,5-11H2,1-4H3;5-8,13H,4H2,1-3H3;4*1H4. The Hall–Kier alpha value is -2.04. The van der Waals surface area contributed by atoms with Crippen LogP contribution in [0.25, 0.3) is 0 Å². The summed E-state index contributed by atoms with van der Waals surface area (Å²) in [7, 11) is 0. The van der Waals surface area contributed by atoms with E-state index in [1.165, 1.54) is 37.8 Å². The summed E-state index contributed by atoms with van der Waals surface area (Å²) in [5.41, 5.74) is -0.935. The minimum atomic E-state index is -0.474. The van der Waals surface area contributed by atoms with Crippen molar-refractivity contribution in [1.29, 1.82) is 0 Å². The number of carbonyl (C=O) groups is 2. The summed E-state index contributed by atoms with van der Waals surface area (Å²) in [5.74, 6) is 5.76. The average Bonchev–Trinajstić information content (AvgIpc) is 3.65. The van der Waals surface area contributed by atoms with Gasteiger partial charge >= 0.3 is 11.9 Å². The molecule has 238 valence electrons. The predicted molar refractivity (Wildman–Crippen MR) is 172 cm³/mol. The Kier molecular flexibility index (Phi) is 13.7. The highest BCUT2D eigenvalue weighted by molar-refractivity contribution is 5.78. The molecule has 4 saturated carbocycles. The molecule has 4 aliphatic rings. The fourth-order valence-corrected chi connectivity index (χ4v) is 7.66. The number of ether oxygens (including phenoxy) is 2. The summed E-state index contributed by atoms with van der Waals surface area (Å²) in [5, 5.41) is 9.06. The van der Waals surface area contributed by atoms with Gasteiger partial charge in [0.15, 0.2) is 0 Å². The Morgan fingerprint density at radius 1 is 0.805 bits per heavy atom. The zero-order chi connectivity index (χ0) is 27.2. The molecule has 1 aromatic carbocycles. The Balaban J connectivity index is 0.000000757. The second kappa shape index (κ2) is 14.4. The quantitative estimate of drug-likeness (QED) is 0.199. The maximum Gasteiger partial charge on any atom is 0.316 e. The van der Waals surface area contributed by atoms with Gasteiger partial charge in [0.25, 0.3) is 0 Å². The van der Waals surface area contributed by atoms with Crippen LogP contribution in [0.3, 0.4) is 0 Å². The number of carbonyl (C=O) groups excluding carboxylic acids is 2. The molecule has 5 rings (SSSR count). The van der Waals surface area contributed by atoms with E-state index in [9.17, 15) is 9.59 Å². The van der Waals surface area contributed by atoms with E-state index in [1.807, 2.05) is 34.6 Å². The maximum absolute atomic E-state index is 12.7. The van der Waals surface area contributed by atoms with Crippen molar-refractivity contribution in [3.05, 3.63) is 24.3 Å². The van der Waals surface area contributed by atoms with Crippen LogP contribution in [0.1, 0.15) is 130 Å². The van der Waals surface area contributed by atoms with Gasteiger partial charge in [0.05, 0.1) is 10.8 Å². The molecule has 41 heavy (non-hydrogen) atoms. The Bertz CT molecular complexity index is 980. The normalized spacial score (nSPS) is 30.2. The van der Waals surface area contributed by atoms with Gasteiger partial charge in [-0.1, -0.05) is 50.5 Å². The molecule has 4 bridgehead atoms. The largest absolute Gasteiger partial charge is 0.508 e. The molecule has 7 atom stereocenters. The summed E-state index contributed by atoms with van der Waals surface area (Å²) < 4.78 is 11.5. The summed E-state index contributed by atoms with van der Waals surface area (Å²) in [4.78, 5) is 24.4. The molecule has 0 radical (unpaired) electrons. The average molecular weight is 577 g/mol. The first-order chi connectivity index (χ1) is 17.4. The van der Waals surface area contributed by atoms with Crippen LogP contribution >= 0.6 is 0 Å². The number of rotatable bonds is 7. The van der Waals surface area contributed by atoms with Crippen molar-refractivity contribution in [3.63, 3.8) is 0 Å². The van der Waals surface area contributed by atoms with Crippen molar-refractivity contribution in [3.8, 4) is 11.5 Å². The number of phenolic OH excluding ortho intramolecular Hbond substituents is 1. The second-order valence-electron chi connectivity index (χ2n) is 13.5. The fraction of sp³-hybridized carbons (Fsp3) is 0.778. The minimum Gasteiger partial charge on any atom is -0.508 e. The lowest BCUT2D eigenvalue weighted by molar-refractivity contribution is -0.183. The van der Waals surface area contributed by atoms with Gasteiger partial charge in [-0.15, -0.1) is 0 Å². The third-order valence-corrected chi connectivity index (χ3v) is 10.7. The highest BCUT2D eigenvalue weighted by Crippen LogP contribution is 2.71. The Morgan fingerprint density at radius 3 is 1.83 bits per heavy atom. The van der Waals surface area contributed by atoms with Crippen LogP contribution in [0.15, 0.2) is 24.3 Å². The molecule has 0 aromatic heterocycles. The molecular weight excluding hydrogens is 512 g/mol. The third-order valence-electron chi connectivity index (χ3n) is 10.7. The summed E-state index contributed by atoms with van der Waals surface area (Å²) >= 11 is 0. The van der Waals surface area contributed by atoms with Crippen molar-refractivity contribution < 1.29 is 24.2 Å². The second-order valence-corrected chi connectivity index (χ2v) is 13.5. The molecule has 0 heterocycles. The van der Waals surface area contributed by atoms with E-state index in [4.69, 9.17) is 14.6 Å². The number of hydrogen-bond donors (Lipinski definition) is 1. The highest BCUT2D eigenvalue weighted by atomic mass is 16.6. The van der Waals surface area contributed by atoms with Crippen LogP contribution in [0.4, 0.5) is 0 Å². The van der Waals surface area contributed by atoms with Gasteiger partial charge in [-0.2, -0.15) is 0 Å². The smallest absolute Gasteiger partial charge is 0.316 e. The molecule has 5 heteroatoms. The van der Waals surface area contributed by atoms with Crippen LogP contribution in [0.5, 0.6) is 11.5 Å². The number of esters is 2. The molecule has 1 aromatic rings. The Labute approximate surface area is 253 Å². The van der Waals surface area contributed by atoms with Gasteiger partial charge in [-0.3, -0.25) is 9.59 Å². The highest BCUT2D eigenvalue weighted by Gasteiger charge is 2.68. The van der Waals surface area contributed by atoms with Gasteiger partial charge in [-0.05, 0) is 133 Å². The van der Waals surface area contributed by atoms with E-state index >= 15 is 0 Å². The van der Waals surface area contributed by atoms with Crippen LogP contribution in [0.2, 0.25) is 0 Å². The lowest BCUT2D eigenvalue weighted by Crippen LogP contribution is -2.49. The predicted octanol–water partition coefficient (Wildman–Crippen LogP) is 10.1. The summed E-state index contributed by atoms with van der Waals surface area (Å²) in [6.45, 7) is 14.0. The van der Waals surface area contributed by atoms with Crippen LogP contribution in [-0.4, -0.2) is 22.6 Å². The van der Waals surface area contributed by atoms with E-state index < -0.39 is 5.41 Å². The van der Waals surface area contributed by atoms with Crippen LogP contribution in [0, 0.1) is 46.3 Å². The molecule has 0 aliphatic heterocycles. The number of phenols is 1. The molecule has 5 nitrogen and oxygen atoms in total. The van der Waals surface area contributed by atoms with Gasteiger partial charge in [0, 0.05) is 5.92 Å². The zero-order valence-corrected chi connectivity index (χ0v) is 24.0. The number of benzene rings is 1. The van der Waals surface area contributed by atoms with Crippen molar-refractivity contribution in [2.24, 2.45) is 46.3 Å². The van der Waals surface area contributed by atoms with Gasteiger partial charge in [0.1, 0.15) is 17.1 Å². The van der Waals surface area contributed by atoms with E-state index in [1.54, 1.807) is 12.1 Å². The van der Waals surface area contributed by atoms with Gasteiger partial charge in [0.2, 0.25) is 0 Å². The topological polar surface area (TPSA) is 72.8 Å². The van der Waals surface area contributed by atoms with E-state index in [2.05, 4.69) is 13.8 Å². The molecule has 0 amide bonds. The molecule has 1 N–H and O–H groups in total. The minimum absolute atomic E-state index is 0. The van der Waals surface area contributed by atoms with Crippen LogP contribution < -0.4 is 4.74 Å². The first-order valence-corrected chi connectivity index (χ1v) is 14.6. The van der Waals surface area contributed by atoms with E-state index in [-0.39, 0.29) is 58.4 Å². The first-order valence-electron chi connectivity index (χ1n) is 14.6. The fourth-order valence-electron chi connectivity index (χ4n) is 7.66. The van der Waals surface area contributed by atoms with Crippen molar-refractivity contribution in [2.45, 2.75) is 135 Å². The maximum atomic E-state index is 12.7. The number of fused-ring (bicyclic) bond motifs is 9. The summed E-state index contributed by atoms with van der Waals surface area (Å²) in [6.07, 6.45) is 9.51. The third kappa shape index (κ3) is 7.31. The van der Waals surface area contributed by atoms with Crippen molar-refractivity contribution >= 4 is 11.9 Å². The SMILES string of the molecule is C.C.C.C.CCC(C)(C)C(=O)OC1(CC)CC2CC1C1C3CCC(C3)C21.CCC(C)(C)C(=O)Oc1ccc(O)cc1. The molecule has 4 aliphatic carbocycles. The lowest BCUT2D eigenvalue weighted by Gasteiger charge is -2.46. The molecule has 7 unspecified atom stereocenters. The van der Waals surface area contributed by atoms with Crippen molar-refractivity contribution in [2.75, 3.05) is 0 Å². The Morgan fingerprint density at radius 2 is 1.32 bits per heavy atom. The van der Waals surface area contributed by atoms with Gasteiger partial charge in [-0.25, -0.2) is 0 Å². The summed E-state index contributed by atoms with van der Waals surface area (Å²) in [6, 6.07) is 6.11. The molecule has 4 fully saturated rings. The van der Waals surface area contributed by atoms with Crippen LogP contribution in [-0.2, 0) is 14.3 Å². The molecule has 0 spiro atoms. The van der Waals surface area contributed by atoms with E-state index in [0.29, 0.717) is 11.7 Å². The zero-order valence-electron chi connectivity index (χ0n) is 24.0. The van der Waals surface area contributed by atoms with Gasteiger partial charge < -0.3 is 14.6 Å². The first kappa shape index (κ1) is 39.0.